The van der Waals surface area contributed by atoms with E-state index in [2.05, 4.69) is 21.2 Å². The van der Waals surface area contributed by atoms with Gasteiger partial charge in [-0.25, -0.2) is 0 Å². The maximum absolute atomic E-state index is 11.8. The molecule has 0 radical (unpaired) electrons. The summed E-state index contributed by atoms with van der Waals surface area (Å²) in [5.74, 6) is 0. The van der Waals surface area contributed by atoms with Crippen molar-refractivity contribution in [2.24, 2.45) is 0 Å². The predicted octanol–water partition coefficient (Wildman–Crippen LogP) is 1.91. The number of aryl methyl sites for hydroxylation is 1. The summed E-state index contributed by atoms with van der Waals surface area (Å²) in [5.41, 5.74) is -0.964. The number of hydrogen-bond acceptors (Lipinski definition) is 4. The van der Waals surface area contributed by atoms with Crippen molar-refractivity contribution >= 4 is 21.6 Å². The first kappa shape index (κ1) is 14.8. The Bertz CT molecular complexity index is 485. The summed E-state index contributed by atoms with van der Waals surface area (Å²) in [6, 6.07) is 1.61. The molecule has 0 aliphatic heterocycles. The second-order valence-corrected chi connectivity index (χ2v) is 5.18. The standard InChI is InChI=1S/C11H16BrN3O3/c1-8(2)13-4-3-5-14-7-9(12)6-10(11(14)16)15(17)18/h6-8,13H,3-5H2,1-2H3. The lowest BCUT2D eigenvalue weighted by atomic mass is 10.3. The average molecular weight is 318 g/mol. The van der Waals surface area contributed by atoms with Crippen LogP contribution in [0, 0.1) is 10.1 Å². The zero-order valence-corrected chi connectivity index (χ0v) is 11.9. The summed E-state index contributed by atoms with van der Waals surface area (Å²) in [6.45, 7) is 5.30. The molecule has 1 aromatic rings. The van der Waals surface area contributed by atoms with E-state index in [9.17, 15) is 14.9 Å². The molecule has 0 aliphatic rings. The van der Waals surface area contributed by atoms with Gasteiger partial charge in [0.25, 0.3) is 0 Å². The van der Waals surface area contributed by atoms with E-state index >= 15 is 0 Å². The predicted molar refractivity (Wildman–Crippen MR) is 72.8 cm³/mol. The van der Waals surface area contributed by atoms with Crippen LogP contribution in [0.3, 0.4) is 0 Å². The van der Waals surface area contributed by atoms with Crippen LogP contribution in [0.2, 0.25) is 0 Å². The van der Waals surface area contributed by atoms with Crippen molar-refractivity contribution in [2.75, 3.05) is 6.54 Å². The molecule has 0 spiro atoms. The fourth-order valence-electron chi connectivity index (χ4n) is 1.52. The molecule has 0 aliphatic carbocycles. The summed E-state index contributed by atoms with van der Waals surface area (Å²) < 4.78 is 1.90. The van der Waals surface area contributed by atoms with E-state index in [-0.39, 0.29) is 0 Å². The third-order valence-electron chi connectivity index (χ3n) is 2.36. The van der Waals surface area contributed by atoms with E-state index in [4.69, 9.17) is 0 Å². The van der Waals surface area contributed by atoms with Crippen molar-refractivity contribution in [3.8, 4) is 0 Å². The molecule has 0 atom stereocenters. The molecule has 1 aromatic heterocycles. The normalized spacial score (nSPS) is 10.9. The maximum atomic E-state index is 11.8. The number of pyridine rings is 1. The molecule has 0 bridgehead atoms. The van der Waals surface area contributed by atoms with Crippen LogP contribution in [0.1, 0.15) is 20.3 Å². The molecule has 18 heavy (non-hydrogen) atoms. The third kappa shape index (κ3) is 4.23. The fourth-order valence-corrected chi connectivity index (χ4v) is 1.99. The number of rotatable bonds is 6. The summed E-state index contributed by atoms with van der Waals surface area (Å²) in [7, 11) is 0. The first-order valence-electron chi connectivity index (χ1n) is 5.69. The Morgan fingerprint density at radius 2 is 2.22 bits per heavy atom. The highest BCUT2D eigenvalue weighted by Gasteiger charge is 2.15. The highest BCUT2D eigenvalue weighted by molar-refractivity contribution is 9.10. The Labute approximate surface area is 113 Å². The van der Waals surface area contributed by atoms with Crippen molar-refractivity contribution in [1.29, 1.82) is 0 Å². The average Bonchev–Trinajstić information content (AvgIpc) is 2.27. The molecular weight excluding hydrogens is 302 g/mol. The molecule has 1 rings (SSSR count). The van der Waals surface area contributed by atoms with Crippen LogP contribution < -0.4 is 10.9 Å². The Balaban J connectivity index is 2.77. The number of nitrogens with zero attached hydrogens (tertiary/aromatic N) is 2. The number of halogens is 1. The molecular formula is C11H16BrN3O3. The van der Waals surface area contributed by atoms with Gasteiger partial charge in [0.2, 0.25) is 0 Å². The lowest BCUT2D eigenvalue weighted by molar-refractivity contribution is -0.386. The van der Waals surface area contributed by atoms with Crippen LogP contribution >= 0.6 is 15.9 Å². The van der Waals surface area contributed by atoms with Gasteiger partial charge in [0.05, 0.1) is 4.92 Å². The smallest absolute Gasteiger partial charge is 0.314 e. The van der Waals surface area contributed by atoms with Crippen molar-refractivity contribution in [2.45, 2.75) is 32.9 Å². The lowest BCUT2D eigenvalue weighted by Gasteiger charge is -2.09. The highest BCUT2D eigenvalue weighted by atomic mass is 79.9. The van der Waals surface area contributed by atoms with Crippen molar-refractivity contribution in [1.82, 2.24) is 9.88 Å². The van der Waals surface area contributed by atoms with Gasteiger partial charge in [0, 0.05) is 29.3 Å². The first-order chi connectivity index (χ1) is 8.41. The Hall–Kier alpha value is -1.21. The Kier molecular flexibility index (Phi) is 5.49. The van der Waals surface area contributed by atoms with Crippen molar-refractivity contribution < 1.29 is 4.92 Å². The number of nitrogens with one attached hydrogen (secondary N) is 1. The van der Waals surface area contributed by atoms with Gasteiger partial charge in [-0.2, -0.15) is 0 Å². The van der Waals surface area contributed by atoms with Gasteiger partial charge >= 0.3 is 11.2 Å². The summed E-state index contributed by atoms with van der Waals surface area (Å²) in [5, 5.41) is 13.9. The van der Waals surface area contributed by atoms with E-state index in [1.807, 2.05) is 13.8 Å². The molecule has 0 saturated heterocycles. The number of aromatic nitrogens is 1. The van der Waals surface area contributed by atoms with Crippen LogP contribution in [0.25, 0.3) is 0 Å². The number of hydrogen-bond donors (Lipinski definition) is 1. The van der Waals surface area contributed by atoms with Crippen LogP contribution in [0.5, 0.6) is 0 Å². The van der Waals surface area contributed by atoms with E-state index in [1.165, 1.54) is 10.6 Å². The van der Waals surface area contributed by atoms with Crippen molar-refractivity contribution in [3.63, 3.8) is 0 Å². The number of nitro groups is 1. The van der Waals surface area contributed by atoms with Crippen LogP contribution in [0.15, 0.2) is 21.5 Å². The highest BCUT2D eigenvalue weighted by Crippen LogP contribution is 2.13. The van der Waals surface area contributed by atoms with Gasteiger partial charge in [0.1, 0.15) is 0 Å². The van der Waals surface area contributed by atoms with E-state index in [0.717, 1.165) is 13.0 Å². The second-order valence-electron chi connectivity index (χ2n) is 4.26. The van der Waals surface area contributed by atoms with Crippen LogP contribution in [-0.4, -0.2) is 22.1 Å². The van der Waals surface area contributed by atoms with Crippen molar-refractivity contribution in [3.05, 3.63) is 37.2 Å². The quantitative estimate of drug-likeness (QED) is 0.494. The molecule has 1 N–H and O–H groups in total. The fraction of sp³-hybridized carbons (Fsp3) is 0.545. The minimum Gasteiger partial charge on any atom is -0.314 e. The molecule has 0 aromatic carbocycles. The molecule has 7 heteroatoms. The molecule has 0 fully saturated rings. The maximum Gasteiger partial charge on any atom is 0.335 e. The molecule has 0 unspecified atom stereocenters. The Morgan fingerprint density at radius 3 is 2.78 bits per heavy atom. The topological polar surface area (TPSA) is 77.2 Å². The second kappa shape index (κ2) is 6.65. The van der Waals surface area contributed by atoms with Crippen LogP contribution in [-0.2, 0) is 6.54 Å². The summed E-state index contributed by atoms with van der Waals surface area (Å²) >= 11 is 3.17. The monoisotopic (exact) mass is 317 g/mol. The van der Waals surface area contributed by atoms with E-state index in [1.54, 1.807) is 6.20 Å². The van der Waals surface area contributed by atoms with Gasteiger partial charge in [-0.05, 0) is 28.9 Å². The van der Waals surface area contributed by atoms with Gasteiger partial charge in [0.15, 0.2) is 0 Å². The zero-order chi connectivity index (χ0) is 13.7. The molecule has 100 valence electrons. The first-order valence-corrected chi connectivity index (χ1v) is 6.49. The van der Waals surface area contributed by atoms with E-state index < -0.39 is 16.2 Å². The molecule has 0 saturated carbocycles. The van der Waals surface area contributed by atoms with Gasteiger partial charge in [-0.1, -0.05) is 13.8 Å². The third-order valence-corrected chi connectivity index (χ3v) is 2.79. The van der Waals surface area contributed by atoms with Gasteiger partial charge in [-0.3, -0.25) is 14.9 Å². The minimum absolute atomic E-state index is 0.388. The summed E-state index contributed by atoms with van der Waals surface area (Å²) in [6.07, 6.45) is 2.32. The largest absolute Gasteiger partial charge is 0.335 e. The minimum atomic E-state index is -0.657. The van der Waals surface area contributed by atoms with E-state index in [0.29, 0.717) is 17.1 Å². The molecule has 6 nitrogen and oxygen atoms in total. The summed E-state index contributed by atoms with van der Waals surface area (Å²) in [4.78, 5) is 21.8. The molecule has 0 amide bonds. The lowest BCUT2D eigenvalue weighted by Crippen LogP contribution is -2.27. The van der Waals surface area contributed by atoms with Gasteiger partial charge < -0.3 is 9.88 Å². The Morgan fingerprint density at radius 1 is 1.56 bits per heavy atom. The SMILES string of the molecule is CC(C)NCCCn1cc(Br)cc([N+](=O)[O-])c1=O. The zero-order valence-electron chi connectivity index (χ0n) is 10.4. The molecule has 1 heterocycles. The van der Waals surface area contributed by atoms with Crippen LogP contribution in [0.4, 0.5) is 5.69 Å². The van der Waals surface area contributed by atoms with Gasteiger partial charge in [-0.15, -0.1) is 0 Å².